The molecule has 0 fully saturated rings. The minimum Gasteiger partial charge on any atom is -0.411 e. The lowest BCUT2D eigenvalue weighted by Crippen LogP contribution is -1.89. The molecule has 0 bridgehead atoms. The van der Waals surface area contributed by atoms with Gasteiger partial charge in [0.05, 0.1) is 0 Å². The molecule has 0 spiro atoms. The van der Waals surface area contributed by atoms with E-state index < -0.39 is 0 Å². The molecule has 6 heteroatoms. The zero-order valence-electron chi connectivity index (χ0n) is 11.7. The minimum atomic E-state index is 0.118. The van der Waals surface area contributed by atoms with Crippen LogP contribution in [0.15, 0.2) is 58.2 Å². The van der Waals surface area contributed by atoms with E-state index in [0.717, 1.165) is 16.1 Å². The topological polar surface area (TPSA) is 38.9 Å². The molecule has 0 aliphatic rings. The molecular formula is C16H12Cl2N2OS. The molecule has 0 saturated carbocycles. The number of thioether (sulfide) groups is 1. The highest BCUT2D eigenvalue weighted by Gasteiger charge is 2.15. The molecule has 0 aliphatic heterocycles. The lowest BCUT2D eigenvalue weighted by Gasteiger charge is -2.10. The number of aromatic nitrogens is 2. The molecule has 0 unspecified atom stereocenters. The molecule has 3 aromatic rings. The van der Waals surface area contributed by atoms with Gasteiger partial charge in [0, 0.05) is 20.9 Å². The molecule has 1 atom stereocenters. The van der Waals surface area contributed by atoms with Gasteiger partial charge in [-0.05, 0) is 42.8 Å². The summed E-state index contributed by atoms with van der Waals surface area (Å²) >= 11 is 13.6. The minimum absolute atomic E-state index is 0.118. The largest absolute Gasteiger partial charge is 0.411 e. The number of halogens is 2. The van der Waals surface area contributed by atoms with Gasteiger partial charge in [0.2, 0.25) is 5.89 Å². The van der Waals surface area contributed by atoms with Crippen molar-refractivity contribution in [3.63, 3.8) is 0 Å². The molecule has 112 valence electrons. The van der Waals surface area contributed by atoms with E-state index in [1.54, 1.807) is 12.1 Å². The van der Waals surface area contributed by atoms with Crippen molar-refractivity contribution >= 4 is 35.0 Å². The zero-order chi connectivity index (χ0) is 15.5. The first-order valence-corrected chi connectivity index (χ1v) is 8.27. The molecule has 0 amide bonds. The van der Waals surface area contributed by atoms with Crippen LogP contribution < -0.4 is 0 Å². The van der Waals surface area contributed by atoms with Gasteiger partial charge >= 0.3 is 0 Å². The zero-order valence-corrected chi connectivity index (χ0v) is 14.0. The molecular weight excluding hydrogens is 339 g/mol. The van der Waals surface area contributed by atoms with E-state index in [-0.39, 0.29) is 5.25 Å². The Morgan fingerprint density at radius 3 is 2.45 bits per heavy atom. The molecule has 1 aromatic heterocycles. The van der Waals surface area contributed by atoms with E-state index in [1.807, 2.05) is 36.4 Å². The number of rotatable bonds is 4. The quantitative estimate of drug-likeness (QED) is 0.549. The summed E-state index contributed by atoms with van der Waals surface area (Å²) in [5.41, 5.74) is 1.88. The van der Waals surface area contributed by atoms with E-state index in [4.69, 9.17) is 27.6 Å². The van der Waals surface area contributed by atoms with Crippen LogP contribution in [0.4, 0.5) is 0 Å². The Kier molecular flexibility index (Phi) is 4.71. The number of hydrogen-bond acceptors (Lipinski definition) is 4. The van der Waals surface area contributed by atoms with Gasteiger partial charge in [0.15, 0.2) is 0 Å². The third-order valence-corrected chi connectivity index (χ3v) is 4.69. The van der Waals surface area contributed by atoms with Gasteiger partial charge < -0.3 is 4.42 Å². The molecule has 3 rings (SSSR count). The third-order valence-electron chi connectivity index (χ3n) is 3.12. The average molecular weight is 351 g/mol. The Balaban J connectivity index is 1.77. The number of nitrogens with zero attached hydrogens (tertiary/aromatic N) is 2. The highest BCUT2D eigenvalue weighted by atomic mass is 35.5. The van der Waals surface area contributed by atoms with E-state index >= 15 is 0 Å². The Labute approximate surface area is 142 Å². The summed E-state index contributed by atoms with van der Waals surface area (Å²) in [7, 11) is 0. The van der Waals surface area contributed by atoms with Crippen LogP contribution in [0.5, 0.6) is 0 Å². The van der Waals surface area contributed by atoms with Crippen LogP contribution in [-0.4, -0.2) is 10.2 Å². The fourth-order valence-corrected chi connectivity index (χ4v) is 3.33. The number of benzene rings is 2. The number of hydrogen-bond donors (Lipinski definition) is 0. The lowest BCUT2D eigenvalue weighted by molar-refractivity contribution is 0.465. The molecule has 1 heterocycles. The first-order chi connectivity index (χ1) is 10.6. The maximum Gasteiger partial charge on any atom is 0.277 e. The molecule has 0 radical (unpaired) electrons. The molecule has 2 aromatic carbocycles. The second kappa shape index (κ2) is 6.73. The van der Waals surface area contributed by atoms with Crippen LogP contribution in [0.3, 0.4) is 0 Å². The van der Waals surface area contributed by atoms with Gasteiger partial charge in [-0.25, -0.2) is 0 Å². The summed E-state index contributed by atoms with van der Waals surface area (Å²) in [4.78, 5) is 0. The van der Waals surface area contributed by atoms with Crippen LogP contribution in [0, 0.1) is 0 Å². The Morgan fingerprint density at radius 2 is 1.73 bits per heavy atom. The fourth-order valence-electron chi connectivity index (χ4n) is 1.99. The summed E-state index contributed by atoms with van der Waals surface area (Å²) in [6.45, 7) is 2.05. The second-order valence-electron chi connectivity index (χ2n) is 4.66. The van der Waals surface area contributed by atoms with Crippen LogP contribution in [-0.2, 0) is 0 Å². The predicted octanol–water partition coefficient (Wildman–Crippen LogP) is 5.90. The van der Waals surface area contributed by atoms with Crippen molar-refractivity contribution in [2.24, 2.45) is 0 Å². The van der Waals surface area contributed by atoms with E-state index in [1.165, 1.54) is 11.8 Å². The van der Waals surface area contributed by atoms with Crippen LogP contribution >= 0.6 is 35.0 Å². The van der Waals surface area contributed by atoms with Crippen molar-refractivity contribution in [3.8, 4) is 11.5 Å². The maximum atomic E-state index is 6.21. The predicted molar refractivity (Wildman–Crippen MR) is 90.5 cm³/mol. The van der Waals surface area contributed by atoms with Crippen molar-refractivity contribution in [1.82, 2.24) is 10.2 Å². The monoisotopic (exact) mass is 350 g/mol. The molecule has 0 aliphatic carbocycles. The summed E-state index contributed by atoms with van der Waals surface area (Å²) in [5, 5.41) is 10.2. The Hall–Kier alpha value is -1.49. The first-order valence-electron chi connectivity index (χ1n) is 6.64. The molecule has 0 saturated heterocycles. The lowest BCUT2D eigenvalue weighted by atomic mass is 10.2. The van der Waals surface area contributed by atoms with Gasteiger partial charge in [0.25, 0.3) is 5.22 Å². The third kappa shape index (κ3) is 3.46. The SMILES string of the molecule is C[C@H](Sc1nnc(-c2ccc(Cl)cc2)o1)c1ccccc1Cl. The summed E-state index contributed by atoms with van der Waals surface area (Å²) in [5.74, 6) is 0.477. The summed E-state index contributed by atoms with van der Waals surface area (Å²) in [6, 6.07) is 15.0. The van der Waals surface area contributed by atoms with Gasteiger partial charge in [0.1, 0.15) is 0 Å². The highest BCUT2D eigenvalue weighted by Crippen LogP contribution is 2.37. The van der Waals surface area contributed by atoms with Gasteiger partial charge in [-0.15, -0.1) is 10.2 Å². The van der Waals surface area contributed by atoms with Crippen molar-refractivity contribution < 1.29 is 4.42 Å². The average Bonchev–Trinajstić information content (AvgIpc) is 2.97. The van der Waals surface area contributed by atoms with Crippen molar-refractivity contribution in [2.45, 2.75) is 17.4 Å². The molecule has 3 nitrogen and oxygen atoms in total. The first kappa shape index (κ1) is 15.4. The Bertz CT molecular complexity index is 774. The Morgan fingerprint density at radius 1 is 1.00 bits per heavy atom. The van der Waals surface area contributed by atoms with E-state index in [2.05, 4.69) is 17.1 Å². The van der Waals surface area contributed by atoms with Gasteiger partial charge in [-0.1, -0.05) is 53.2 Å². The smallest absolute Gasteiger partial charge is 0.277 e. The van der Waals surface area contributed by atoms with E-state index in [9.17, 15) is 0 Å². The summed E-state index contributed by atoms with van der Waals surface area (Å²) < 4.78 is 5.70. The normalized spacial score (nSPS) is 12.3. The second-order valence-corrected chi connectivity index (χ2v) is 6.80. The van der Waals surface area contributed by atoms with Crippen LogP contribution in [0.25, 0.3) is 11.5 Å². The molecule has 22 heavy (non-hydrogen) atoms. The fraction of sp³-hybridized carbons (Fsp3) is 0.125. The van der Waals surface area contributed by atoms with Crippen molar-refractivity contribution in [2.75, 3.05) is 0 Å². The standard InChI is InChI=1S/C16H12Cl2N2OS/c1-10(13-4-2-3-5-14(13)18)22-16-20-19-15(21-16)11-6-8-12(17)9-7-11/h2-10H,1H3/t10-/m0/s1. The highest BCUT2D eigenvalue weighted by molar-refractivity contribution is 7.99. The molecule has 0 N–H and O–H groups in total. The van der Waals surface area contributed by atoms with Crippen molar-refractivity contribution in [1.29, 1.82) is 0 Å². The van der Waals surface area contributed by atoms with Gasteiger partial charge in [-0.2, -0.15) is 0 Å². The maximum absolute atomic E-state index is 6.21. The van der Waals surface area contributed by atoms with E-state index in [0.29, 0.717) is 16.1 Å². The van der Waals surface area contributed by atoms with Gasteiger partial charge in [-0.3, -0.25) is 0 Å². The van der Waals surface area contributed by atoms with Crippen molar-refractivity contribution in [3.05, 3.63) is 64.1 Å². The van der Waals surface area contributed by atoms with Crippen LogP contribution in [0.1, 0.15) is 17.7 Å². The van der Waals surface area contributed by atoms with Crippen LogP contribution in [0.2, 0.25) is 10.0 Å². The summed E-state index contributed by atoms with van der Waals surface area (Å²) in [6.07, 6.45) is 0.